The summed E-state index contributed by atoms with van der Waals surface area (Å²) in [6, 6.07) is 16.5. The van der Waals surface area contributed by atoms with Gasteiger partial charge in [-0.25, -0.2) is 0 Å². The van der Waals surface area contributed by atoms with E-state index in [1.807, 2.05) is 48.5 Å². The van der Waals surface area contributed by atoms with Crippen LogP contribution in [0.15, 0.2) is 59.1 Å². The summed E-state index contributed by atoms with van der Waals surface area (Å²) in [6.07, 6.45) is 0.645. The number of fused-ring (bicyclic) bond motifs is 2. The van der Waals surface area contributed by atoms with Crippen molar-refractivity contribution in [1.29, 1.82) is 0 Å². The quantitative estimate of drug-likeness (QED) is 0.300. The van der Waals surface area contributed by atoms with Crippen molar-refractivity contribution in [3.8, 4) is 11.1 Å². The largest absolute Gasteiger partial charge is 0.348 e. The molecule has 162 valence electrons. The molecular formula is C24H16BrCl2IN2O2. The number of hydrogen-bond acceptors (Lipinski definition) is 2. The summed E-state index contributed by atoms with van der Waals surface area (Å²) in [5.74, 6) is -0.213. The smallest absolute Gasteiger partial charge is 0.237 e. The number of benzene rings is 3. The Morgan fingerprint density at radius 2 is 1.84 bits per heavy atom. The number of carbonyl (C=O) groups excluding carboxylic acids is 2. The van der Waals surface area contributed by atoms with E-state index in [9.17, 15) is 9.59 Å². The molecule has 1 fully saturated rings. The maximum absolute atomic E-state index is 13.7. The highest BCUT2D eigenvalue weighted by molar-refractivity contribution is 14.1. The van der Waals surface area contributed by atoms with Gasteiger partial charge in [-0.05, 0) is 88.2 Å². The summed E-state index contributed by atoms with van der Waals surface area (Å²) in [5, 5.41) is 7.29. The van der Waals surface area contributed by atoms with Crippen LogP contribution in [-0.4, -0.2) is 11.8 Å². The molecule has 2 atom stereocenters. The van der Waals surface area contributed by atoms with Crippen molar-refractivity contribution in [2.24, 2.45) is 0 Å². The zero-order chi connectivity index (χ0) is 22.6. The number of rotatable bonds is 2. The van der Waals surface area contributed by atoms with E-state index in [1.54, 1.807) is 6.07 Å². The molecule has 0 aromatic heterocycles. The van der Waals surface area contributed by atoms with Crippen LogP contribution in [0.25, 0.3) is 11.1 Å². The molecule has 32 heavy (non-hydrogen) atoms. The molecule has 8 heteroatoms. The van der Waals surface area contributed by atoms with Crippen LogP contribution in [0.1, 0.15) is 30.0 Å². The summed E-state index contributed by atoms with van der Waals surface area (Å²) in [7, 11) is 0. The third-order valence-corrected chi connectivity index (χ3v) is 8.08. The second kappa shape index (κ2) is 8.31. The first-order valence-electron chi connectivity index (χ1n) is 9.95. The van der Waals surface area contributed by atoms with Crippen molar-refractivity contribution in [3.05, 3.63) is 83.8 Å². The molecule has 2 heterocycles. The zero-order valence-electron chi connectivity index (χ0n) is 16.5. The highest BCUT2D eigenvalue weighted by atomic mass is 127. The molecule has 3 aromatic rings. The van der Waals surface area contributed by atoms with Gasteiger partial charge in [0, 0.05) is 35.8 Å². The van der Waals surface area contributed by atoms with Gasteiger partial charge < -0.3 is 10.6 Å². The molecule has 0 radical (unpaired) electrons. The Bertz CT molecular complexity index is 1300. The van der Waals surface area contributed by atoms with Gasteiger partial charge in [0.1, 0.15) is 5.41 Å². The number of amides is 2. The Kier molecular flexibility index (Phi) is 5.76. The minimum absolute atomic E-state index is 0.0732. The van der Waals surface area contributed by atoms with Crippen LogP contribution >= 0.6 is 61.7 Å². The second-order valence-corrected chi connectivity index (χ2v) is 10.9. The van der Waals surface area contributed by atoms with Crippen molar-refractivity contribution in [2.45, 2.75) is 24.3 Å². The molecule has 0 aliphatic carbocycles. The topological polar surface area (TPSA) is 58.2 Å². The normalized spacial score (nSPS) is 21.9. The average Bonchev–Trinajstić information content (AvgIpc) is 3.02. The fraction of sp³-hybridized carbons (Fsp3) is 0.167. The van der Waals surface area contributed by atoms with Gasteiger partial charge in [-0.3, -0.25) is 9.59 Å². The van der Waals surface area contributed by atoms with Crippen LogP contribution in [-0.2, 0) is 15.0 Å². The van der Waals surface area contributed by atoms with Gasteiger partial charge in [0.25, 0.3) is 0 Å². The highest BCUT2D eigenvalue weighted by Crippen LogP contribution is 2.55. The molecule has 2 amide bonds. The Hall–Kier alpha value is -1.61. The van der Waals surface area contributed by atoms with E-state index in [0.717, 1.165) is 30.3 Å². The van der Waals surface area contributed by atoms with Crippen molar-refractivity contribution < 1.29 is 9.59 Å². The van der Waals surface area contributed by atoms with Crippen LogP contribution in [0, 0.1) is 3.57 Å². The molecule has 2 N–H and O–H groups in total. The standard InChI is InChI=1S/C24H16BrCl2IN2O2/c25-13-4-5-18(28)17(9-13)22-24(7-6-20(31)30-22)21-16(12-2-1-3-14(26)8-12)10-15(27)11-19(21)29-23(24)32/h1-5,8-11,22H,6-7H2,(H,29,32)(H,30,31)/t22-,24-/m1/s1. The third kappa shape index (κ3) is 3.56. The van der Waals surface area contributed by atoms with Crippen LogP contribution in [0.2, 0.25) is 10.0 Å². The molecule has 0 bridgehead atoms. The molecule has 2 aliphatic rings. The first-order valence-corrected chi connectivity index (χ1v) is 12.6. The monoisotopic (exact) mass is 640 g/mol. The van der Waals surface area contributed by atoms with E-state index in [1.165, 1.54) is 0 Å². The van der Waals surface area contributed by atoms with Gasteiger partial charge in [-0.15, -0.1) is 0 Å². The summed E-state index contributed by atoms with van der Waals surface area (Å²) in [6.45, 7) is 0. The zero-order valence-corrected chi connectivity index (χ0v) is 21.8. The van der Waals surface area contributed by atoms with Crippen molar-refractivity contribution in [2.75, 3.05) is 5.32 Å². The van der Waals surface area contributed by atoms with E-state index in [2.05, 4.69) is 49.2 Å². The predicted octanol–water partition coefficient (Wildman–Crippen LogP) is 6.87. The first-order chi connectivity index (χ1) is 15.3. The molecule has 2 aliphatic heterocycles. The predicted molar refractivity (Wildman–Crippen MR) is 139 cm³/mol. The highest BCUT2D eigenvalue weighted by Gasteiger charge is 2.57. The Balaban J connectivity index is 1.81. The fourth-order valence-electron chi connectivity index (χ4n) is 4.82. The number of halogens is 4. The van der Waals surface area contributed by atoms with Crippen molar-refractivity contribution >= 4 is 79.2 Å². The number of nitrogens with one attached hydrogen (secondary N) is 2. The molecule has 3 aromatic carbocycles. The third-order valence-electron chi connectivity index (χ3n) is 6.15. The minimum Gasteiger partial charge on any atom is -0.348 e. The van der Waals surface area contributed by atoms with E-state index in [0.29, 0.717) is 22.2 Å². The van der Waals surface area contributed by atoms with E-state index < -0.39 is 11.5 Å². The lowest BCUT2D eigenvalue weighted by Gasteiger charge is -2.41. The fourth-order valence-corrected chi connectivity index (χ4v) is 6.26. The minimum atomic E-state index is -0.980. The lowest BCUT2D eigenvalue weighted by Crippen LogP contribution is -2.53. The van der Waals surface area contributed by atoms with Crippen LogP contribution in [0.5, 0.6) is 0 Å². The van der Waals surface area contributed by atoms with Gasteiger partial charge in [0.05, 0.1) is 6.04 Å². The lowest BCUT2D eigenvalue weighted by atomic mass is 9.66. The van der Waals surface area contributed by atoms with Gasteiger partial charge in [-0.2, -0.15) is 0 Å². The summed E-state index contributed by atoms with van der Waals surface area (Å²) >= 11 is 18.5. The Morgan fingerprint density at radius 3 is 2.62 bits per heavy atom. The molecule has 4 nitrogen and oxygen atoms in total. The van der Waals surface area contributed by atoms with E-state index in [-0.39, 0.29) is 18.2 Å². The van der Waals surface area contributed by atoms with Crippen LogP contribution in [0.3, 0.4) is 0 Å². The molecular weight excluding hydrogens is 626 g/mol. The van der Waals surface area contributed by atoms with Gasteiger partial charge in [0.15, 0.2) is 0 Å². The number of anilines is 1. The van der Waals surface area contributed by atoms with Gasteiger partial charge in [0.2, 0.25) is 11.8 Å². The summed E-state index contributed by atoms with van der Waals surface area (Å²) in [4.78, 5) is 26.3. The SMILES string of the molecule is O=C1CC[C@]2(C(=O)Nc3cc(Cl)cc(-c4cccc(Cl)c4)c32)[C@@H](c2cc(Br)ccc2I)N1. The van der Waals surface area contributed by atoms with Crippen molar-refractivity contribution in [3.63, 3.8) is 0 Å². The summed E-state index contributed by atoms with van der Waals surface area (Å²) < 4.78 is 1.85. The average molecular weight is 642 g/mol. The second-order valence-electron chi connectivity index (χ2n) is 7.98. The van der Waals surface area contributed by atoms with Crippen LogP contribution < -0.4 is 10.6 Å². The molecule has 1 saturated heterocycles. The van der Waals surface area contributed by atoms with Gasteiger partial charge >= 0.3 is 0 Å². The first kappa shape index (κ1) is 22.2. The lowest BCUT2D eigenvalue weighted by molar-refractivity contribution is -0.130. The van der Waals surface area contributed by atoms with Crippen molar-refractivity contribution in [1.82, 2.24) is 5.32 Å². The van der Waals surface area contributed by atoms with Crippen LogP contribution in [0.4, 0.5) is 5.69 Å². The van der Waals surface area contributed by atoms with E-state index >= 15 is 0 Å². The maximum atomic E-state index is 13.7. The Labute approximate surface area is 217 Å². The van der Waals surface area contributed by atoms with Gasteiger partial charge in [-0.1, -0.05) is 51.3 Å². The molecule has 5 rings (SSSR count). The van der Waals surface area contributed by atoms with E-state index in [4.69, 9.17) is 23.2 Å². The number of hydrogen-bond donors (Lipinski definition) is 2. The number of piperidine rings is 1. The Morgan fingerprint density at radius 1 is 1.03 bits per heavy atom. The summed E-state index contributed by atoms with van der Waals surface area (Å²) in [5.41, 5.74) is 3.12. The molecule has 1 spiro atoms. The maximum Gasteiger partial charge on any atom is 0.237 e. The molecule has 0 unspecified atom stereocenters. The number of carbonyl (C=O) groups is 2. The molecule has 0 saturated carbocycles.